The molecule has 2 amide bonds. The predicted octanol–water partition coefficient (Wildman–Crippen LogP) is 3.52. The summed E-state index contributed by atoms with van der Waals surface area (Å²) >= 11 is 0. The first-order chi connectivity index (χ1) is 21.6. The van der Waals surface area contributed by atoms with Crippen LogP contribution in [0.3, 0.4) is 0 Å². The van der Waals surface area contributed by atoms with Crippen molar-refractivity contribution in [2.75, 3.05) is 45.2 Å². The van der Waals surface area contributed by atoms with E-state index in [4.69, 9.17) is 4.74 Å². The Hall–Kier alpha value is -4.62. The van der Waals surface area contributed by atoms with Gasteiger partial charge in [0, 0.05) is 68.4 Å². The summed E-state index contributed by atoms with van der Waals surface area (Å²) in [5.41, 5.74) is 1.90. The minimum atomic E-state index is -1.08. The number of ether oxygens (including phenoxy) is 1. The van der Waals surface area contributed by atoms with Gasteiger partial charge in [-0.05, 0) is 49.2 Å². The van der Waals surface area contributed by atoms with Crippen molar-refractivity contribution in [3.8, 4) is 17.0 Å². The SMILES string of the molecule is CC[C@@]1(O)CN[C@H](C(=O)N2CCN(C(=O)c3ccc(Nc4nccn5c(-c6ccc(OC)c(F)c6F)cnc45)cc3C)CC2)C1. The lowest BCUT2D eigenvalue weighted by Gasteiger charge is -2.36. The molecule has 13 heteroatoms. The number of amides is 2. The van der Waals surface area contributed by atoms with E-state index in [1.165, 1.54) is 31.6 Å². The number of imidazole rings is 1. The Bertz CT molecular complexity index is 1770. The van der Waals surface area contributed by atoms with Crippen molar-refractivity contribution in [1.82, 2.24) is 29.5 Å². The van der Waals surface area contributed by atoms with Crippen molar-refractivity contribution >= 4 is 29.0 Å². The van der Waals surface area contributed by atoms with Crippen LogP contribution in [-0.4, -0.2) is 92.6 Å². The van der Waals surface area contributed by atoms with E-state index in [1.807, 2.05) is 19.9 Å². The first-order valence-electron chi connectivity index (χ1n) is 14.9. The second kappa shape index (κ2) is 12.1. The number of halogens is 2. The zero-order valence-electron chi connectivity index (χ0n) is 25.3. The Labute approximate surface area is 258 Å². The minimum absolute atomic E-state index is 0.0285. The summed E-state index contributed by atoms with van der Waals surface area (Å²) in [6.07, 6.45) is 5.57. The molecule has 0 unspecified atom stereocenters. The number of carbonyl (C=O) groups is 2. The van der Waals surface area contributed by atoms with Crippen molar-refractivity contribution < 1.29 is 28.2 Å². The molecule has 6 rings (SSSR count). The van der Waals surface area contributed by atoms with E-state index in [0.29, 0.717) is 74.0 Å². The van der Waals surface area contributed by atoms with Crippen LogP contribution >= 0.6 is 0 Å². The molecule has 0 spiro atoms. The number of carbonyl (C=O) groups excluding carboxylic acids is 2. The molecule has 3 N–H and O–H groups in total. The molecule has 2 aromatic carbocycles. The lowest BCUT2D eigenvalue weighted by atomic mass is 9.97. The fourth-order valence-electron chi connectivity index (χ4n) is 6.01. The zero-order chi connectivity index (χ0) is 31.9. The monoisotopic (exact) mass is 619 g/mol. The highest BCUT2D eigenvalue weighted by molar-refractivity contribution is 5.96. The molecule has 4 aromatic rings. The second-order valence-electron chi connectivity index (χ2n) is 11.5. The average molecular weight is 620 g/mol. The van der Waals surface area contributed by atoms with E-state index in [0.717, 1.165) is 5.56 Å². The topological polar surface area (TPSA) is 124 Å². The highest BCUT2D eigenvalue weighted by Crippen LogP contribution is 2.32. The molecule has 2 atom stereocenters. The number of aliphatic hydroxyl groups is 1. The third-order valence-electron chi connectivity index (χ3n) is 8.79. The number of methoxy groups -OCH3 is 1. The standard InChI is InChI=1S/C32H35F2N7O4/c1-4-32(44)16-23(37-18-32)31(43)40-13-11-39(12-14-40)30(42)21-6-5-20(15-19(21)2)38-28-29-36-17-24(41(29)10-9-35-28)22-7-8-25(45-3)27(34)26(22)33/h5-10,15,17,23,37,44H,4,11-14,16,18H2,1-3H3,(H,35,38)/t23-,32-/m0/s1. The number of hydrogen-bond donors (Lipinski definition) is 3. The van der Waals surface area contributed by atoms with E-state index < -0.39 is 23.3 Å². The molecular formula is C32H35F2N7O4. The van der Waals surface area contributed by atoms with Gasteiger partial charge in [-0.2, -0.15) is 4.39 Å². The maximum Gasteiger partial charge on any atom is 0.254 e. The highest BCUT2D eigenvalue weighted by atomic mass is 19.2. The van der Waals surface area contributed by atoms with Crippen molar-refractivity contribution in [3.05, 3.63) is 71.7 Å². The number of hydrogen-bond acceptors (Lipinski definition) is 8. The van der Waals surface area contributed by atoms with Gasteiger partial charge in [-0.25, -0.2) is 14.4 Å². The minimum Gasteiger partial charge on any atom is -0.494 e. The van der Waals surface area contributed by atoms with Gasteiger partial charge in [0.05, 0.1) is 30.6 Å². The maximum absolute atomic E-state index is 14.8. The van der Waals surface area contributed by atoms with Crippen LogP contribution in [0.15, 0.2) is 48.9 Å². The molecule has 45 heavy (non-hydrogen) atoms. The van der Waals surface area contributed by atoms with Gasteiger partial charge < -0.3 is 30.3 Å². The summed E-state index contributed by atoms with van der Waals surface area (Å²) in [6, 6.07) is 7.75. The molecule has 2 aromatic heterocycles. The van der Waals surface area contributed by atoms with Crippen molar-refractivity contribution in [2.24, 2.45) is 0 Å². The quantitative estimate of drug-likeness (QED) is 0.287. The molecule has 2 saturated heterocycles. The number of aromatic nitrogens is 3. The smallest absolute Gasteiger partial charge is 0.254 e. The number of nitrogens with one attached hydrogen (secondary N) is 2. The normalized spacial score (nSPS) is 20.1. The molecule has 0 saturated carbocycles. The third kappa shape index (κ3) is 5.69. The van der Waals surface area contributed by atoms with Crippen LogP contribution in [0.2, 0.25) is 0 Å². The number of β-amino-alcohol motifs (C(OH)–C–C–N with tert-alkyl or cyclic N) is 1. The van der Waals surface area contributed by atoms with E-state index >= 15 is 0 Å². The summed E-state index contributed by atoms with van der Waals surface area (Å²) in [4.78, 5) is 38.7. The summed E-state index contributed by atoms with van der Waals surface area (Å²) in [5, 5.41) is 16.8. The van der Waals surface area contributed by atoms with Crippen LogP contribution in [-0.2, 0) is 4.79 Å². The van der Waals surface area contributed by atoms with Gasteiger partial charge >= 0.3 is 0 Å². The Balaban J connectivity index is 1.13. The van der Waals surface area contributed by atoms with E-state index in [-0.39, 0.29) is 23.1 Å². The zero-order valence-corrected chi connectivity index (χ0v) is 25.3. The molecule has 0 aliphatic carbocycles. The lowest BCUT2D eigenvalue weighted by Crippen LogP contribution is -2.54. The Morgan fingerprint density at radius 2 is 1.87 bits per heavy atom. The molecular weight excluding hydrogens is 584 g/mol. The first kappa shape index (κ1) is 30.4. The summed E-state index contributed by atoms with van der Waals surface area (Å²) in [6.45, 7) is 5.86. The molecule has 4 heterocycles. The van der Waals surface area contributed by atoms with Gasteiger partial charge in [0.2, 0.25) is 11.7 Å². The second-order valence-corrected chi connectivity index (χ2v) is 11.5. The Kier molecular flexibility index (Phi) is 8.14. The number of rotatable bonds is 7. The summed E-state index contributed by atoms with van der Waals surface area (Å²) < 4.78 is 35.7. The van der Waals surface area contributed by atoms with E-state index in [1.54, 1.807) is 32.5 Å². The lowest BCUT2D eigenvalue weighted by molar-refractivity contribution is -0.135. The van der Waals surface area contributed by atoms with Gasteiger partial charge in [0.1, 0.15) is 0 Å². The van der Waals surface area contributed by atoms with Gasteiger partial charge in [-0.1, -0.05) is 6.92 Å². The largest absolute Gasteiger partial charge is 0.494 e. The van der Waals surface area contributed by atoms with Crippen LogP contribution in [0.4, 0.5) is 20.3 Å². The van der Waals surface area contributed by atoms with E-state index in [2.05, 4.69) is 20.6 Å². The van der Waals surface area contributed by atoms with Crippen LogP contribution in [0.1, 0.15) is 35.7 Å². The molecule has 2 aliphatic heterocycles. The summed E-state index contributed by atoms with van der Waals surface area (Å²) in [5.74, 6) is -2.06. The van der Waals surface area contributed by atoms with Gasteiger partial charge in [-0.3, -0.25) is 14.0 Å². The maximum atomic E-state index is 14.8. The molecule has 0 bridgehead atoms. The van der Waals surface area contributed by atoms with Crippen LogP contribution in [0, 0.1) is 18.6 Å². The number of benzene rings is 2. The summed E-state index contributed by atoms with van der Waals surface area (Å²) in [7, 11) is 1.27. The number of aryl methyl sites for hydroxylation is 1. The van der Waals surface area contributed by atoms with Gasteiger partial charge in [-0.15, -0.1) is 0 Å². The van der Waals surface area contributed by atoms with Crippen LogP contribution < -0.4 is 15.4 Å². The fourth-order valence-corrected chi connectivity index (χ4v) is 6.01. The Morgan fingerprint density at radius 1 is 1.11 bits per heavy atom. The number of nitrogens with zero attached hydrogens (tertiary/aromatic N) is 5. The van der Waals surface area contributed by atoms with Crippen molar-refractivity contribution in [2.45, 2.75) is 38.3 Å². The Morgan fingerprint density at radius 3 is 2.56 bits per heavy atom. The molecule has 2 aliphatic rings. The number of piperazine rings is 1. The van der Waals surface area contributed by atoms with Gasteiger partial charge in [0.25, 0.3) is 5.91 Å². The van der Waals surface area contributed by atoms with Crippen molar-refractivity contribution in [1.29, 1.82) is 0 Å². The van der Waals surface area contributed by atoms with Crippen LogP contribution in [0.25, 0.3) is 16.9 Å². The average Bonchev–Trinajstić information content (AvgIpc) is 3.67. The van der Waals surface area contributed by atoms with Gasteiger partial charge in [0.15, 0.2) is 23.0 Å². The molecule has 11 nitrogen and oxygen atoms in total. The van der Waals surface area contributed by atoms with E-state index in [9.17, 15) is 23.5 Å². The van der Waals surface area contributed by atoms with Crippen molar-refractivity contribution in [3.63, 3.8) is 0 Å². The highest BCUT2D eigenvalue weighted by Gasteiger charge is 2.41. The first-order valence-corrected chi connectivity index (χ1v) is 14.9. The predicted molar refractivity (Wildman–Crippen MR) is 163 cm³/mol. The third-order valence-corrected chi connectivity index (χ3v) is 8.79. The molecule has 2 fully saturated rings. The fraction of sp³-hybridized carbons (Fsp3) is 0.375. The molecule has 0 radical (unpaired) electrons. The van der Waals surface area contributed by atoms with Crippen LogP contribution in [0.5, 0.6) is 5.75 Å². The number of anilines is 2. The number of fused-ring (bicyclic) bond motifs is 1. The molecule has 236 valence electrons.